The van der Waals surface area contributed by atoms with Crippen molar-refractivity contribution in [2.75, 3.05) is 6.54 Å². The molecule has 3 N–H and O–H groups in total. The van der Waals surface area contributed by atoms with E-state index in [4.69, 9.17) is 4.74 Å². The van der Waals surface area contributed by atoms with Gasteiger partial charge < -0.3 is 15.2 Å². The summed E-state index contributed by atoms with van der Waals surface area (Å²) in [6.07, 6.45) is 0.100. The lowest BCUT2D eigenvalue weighted by molar-refractivity contribution is -0.147. The summed E-state index contributed by atoms with van der Waals surface area (Å²) in [7, 11) is 0. The Hall–Kier alpha value is -2.20. The fourth-order valence-electron chi connectivity index (χ4n) is 2.93. The number of rotatable bonds is 5. The van der Waals surface area contributed by atoms with Crippen LogP contribution in [0.25, 0.3) is 0 Å². The molecule has 1 fully saturated rings. The molecule has 1 saturated heterocycles. The minimum atomic E-state index is -1.07. The molecule has 8 nitrogen and oxygen atoms in total. The first-order valence-electron chi connectivity index (χ1n) is 9.19. The summed E-state index contributed by atoms with van der Waals surface area (Å²) >= 11 is 3.21. The average Bonchev–Trinajstić information content (AvgIpc) is 2.58. The largest absolute Gasteiger partial charge is 0.480 e. The number of halogens is 2. The highest BCUT2D eigenvalue weighted by Crippen LogP contribution is 2.18. The Balaban J connectivity index is 2.21. The third-order valence-electron chi connectivity index (χ3n) is 4.10. The van der Waals surface area contributed by atoms with Gasteiger partial charge in [0.05, 0.1) is 0 Å². The molecule has 160 valence electrons. The molecule has 0 aliphatic carbocycles. The van der Waals surface area contributed by atoms with E-state index >= 15 is 0 Å². The second-order valence-electron chi connectivity index (χ2n) is 7.83. The molecule has 1 aliphatic heterocycles. The first-order valence-corrected chi connectivity index (χ1v) is 9.99. The molecular weight excluding hydrogens is 449 g/mol. The van der Waals surface area contributed by atoms with Crippen LogP contribution < -0.4 is 10.7 Å². The fraction of sp³-hybridized carbons (Fsp3) is 0.526. The number of hydrazine groups is 1. The molecule has 0 spiro atoms. The number of alkyl carbamates (subject to hydrolysis) is 1. The number of carboxylic acids is 1. The molecule has 1 heterocycles. The van der Waals surface area contributed by atoms with Crippen LogP contribution in [0.5, 0.6) is 0 Å². The standard InChI is InChI=1S/C19H25BrFN3O5/c1-19(2,3)29-18(28)22-15(9-11-7-12(20)10-13(21)8-11)16(25)24-6-4-5-14(23-24)17(26)27/h7-8,10,14-15,23H,4-6,9H2,1-3H3,(H,22,28)(H,26,27)/t14-,15?/m0/s1. The summed E-state index contributed by atoms with van der Waals surface area (Å²) < 4.78 is 19.5. The fourth-order valence-corrected chi connectivity index (χ4v) is 3.44. The molecule has 10 heteroatoms. The Kier molecular flexibility index (Phi) is 7.59. The van der Waals surface area contributed by atoms with E-state index in [0.717, 1.165) is 0 Å². The van der Waals surface area contributed by atoms with E-state index in [0.29, 0.717) is 29.4 Å². The molecule has 29 heavy (non-hydrogen) atoms. The molecule has 1 aromatic carbocycles. The average molecular weight is 474 g/mol. The number of nitrogens with one attached hydrogen (secondary N) is 2. The van der Waals surface area contributed by atoms with Crippen LogP contribution in [0.2, 0.25) is 0 Å². The monoisotopic (exact) mass is 473 g/mol. The minimum Gasteiger partial charge on any atom is -0.480 e. The number of nitrogens with zero attached hydrogens (tertiary/aromatic N) is 1. The van der Waals surface area contributed by atoms with Crippen molar-refractivity contribution < 1.29 is 28.6 Å². The van der Waals surface area contributed by atoms with E-state index < -0.39 is 41.5 Å². The van der Waals surface area contributed by atoms with Crippen LogP contribution in [0.3, 0.4) is 0 Å². The van der Waals surface area contributed by atoms with E-state index in [1.54, 1.807) is 26.8 Å². The normalized spacial score (nSPS) is 18.1. The first-order chi connectivity index (χ1) is 13.4. The lowest BCUT2D eigenvalue weighted by atomic mass is 10.0. The number of aliphatic carboxylic acids is 1. The van der Waals surface area contributed by atoms with Gasteiger partial charge in [0, 0.05) is 17.4 Å². The lowest BCUT2D eigenvalue weighted by Gasteiger charge is -2.34. The minimum absolute atomic E-state index is 0.00432. The van der Waals surface area contributed by atoms with Gasteiger partial charge in [-0.3, -0.25) is 14.6 Å². The Morgan fingerprint density at radius 2 is 2.07 bits per heavy atom. The third-order valence-corrected chi connectivity index (χ3v) is 4.56. The summed E-state index contributed by atoms with van der Waals surface area (Å²) in [4.78, 5) is 36.5. The highest BCUT2D eigenvalue weighted by molar-refractivity contribution is 9.10. The zero-order chi connectivity index (χ0) is 21.8. The predicted molar refractivity (Wildman–Crippen MR) is 106 cm³/mol. The number of carbonyl (C=O) groups is 3. The second kappa shape index (κ2) is 9.53. The smallest absolute Gasteiger partial charge is 0.408 e. The molecule has 1 aliphatic rings. The van der Waals surface area contributed by atoms with Crippen LogP contribution in [0, 0.1) is 5.82 Å². The molecule has 0 saturated carbocycles. The van der Waals surface area contributed by atoms with Crippen LogP contribution >= 0.6 is 15.9 Å². The van der Waals surface area contributed by atoms with E-state index in [1.807, 2.05) is 0 Å². The summed E-state index contributed by atoms with van der Waals surface area (Å²) in [6.45, 7) is 5.37. The van der Waals surface area contributed by atoms with Gasteiger partial charge in [-0.1, -0.05) is 15.9 Å². The Morgan fingerprint density at radius 3 is 2.66 bits per heavy atom. The van der Waals surface area contributed by atoms with Crippen molar-refractivity contribution in [3.8, 4) is 0 Å². The van der Waals surface area contributed by atoms with Gasteiger partial charge in [-0.2, -0.15) is 0 Å². The van der Waals surface area contributed by atoms with Crippen LogP contribution in [0.15, 0.2) is 22.7 Å². The molecule has 0 aromatic heterocycles. The molecule has 2 amide bonds. The number of carbonyl (C=O) groups excluding carboxylic acids is 2. The number of benzene rings is 1. The Bertz CT molecular complexity index is 763. The molecule has 1 aromatic rings. The van der Waals surface area contributed by atoms with Crippen LogP contribution in [-0.2, 0) is 20.7 Å². The summed E-state index contributed by atoms with van der Waals surface area (Å²) in [6, 6.07) is 2.23. The zero-order valence-corrected chi connectivity index (χ0v) is 18.1. The van der Waals surface area contributed by atoms with Gasteiger partial charge >= 0.3 is 12.1 Å². The van der Waals surface area contributed by atoms with Crippen molar-refractivity contribution in [3.63, 3.8) is 0 Å². The van der Waals surface area contributed by atoms with Crippen molar-refractivity contribution >= 4 is 33.9 Å². The van der Waals surface area contributed by atoms with Gasteiger partial charge in [0.15, 0.2) is 0 Å². The van der Waals surface area contributed by atoms with Gasteiger partial charge in [0.2, 0.25) is 0 Å². The van der Waals surface area contributed by atoms with Crippen LogP contribution in [0.1, 0.15) is 39.2 Å². The van der Waals surface area contributed by atoms with Crippen molar-refractivity contribution in [1.82, 2.24) is 15.8 Å². The Labute approximate surface area is 176 Å². The molecular formula is C19H25BrFN3O5. The maximum Gasteiger partial charge on any atom is 0.408 e. The maximum atomic E-state index is 13.7. The maximum absolute atomic E-state index is 13.7. The summed E-state index contributed by atoms with van der Waals surface area (Å²) in [5, 5.41) is 12.9. The SMILES string of the molecule is CC(C)(C)OC(=O)NC(Cc1cc(F)cc(Br)c1)C(=O)N1CCC[C@@H](C(=O)O)N1. The number of carboxylic acid groups (broad SMARTS) is 1. The van der Waals surface area contributed by atoms with E-state index in [-0.39, 0.29) is 6.42 Å². The van der Waals surface area contributed by atoms with Gasteiger partial charge in [-0.15, -0.1) is 0 Å². The van der Waals surface area contributed by atoms with Crippen molar-refractivity contribution in [2.24, 2.45) is 0 Å². The third kappa shape index (κ3) is 7.28. The van der Waals surface area contributed by atoms with E-state index in [1.165, 1.54) is 17.1 Å². The molecule has 2 rings (SSSR count). The van der Waals surface area contributed by atoms with Crippen molar-refractivity contribution in [1.29, 1.82) is 0 Å². The van der Waals surface area contributed by atoms with Gasteiger partial charge in [-0.25, -0.2) is 14.6 Å². The molecule has 1 unspecified atom stereocenters. The second-order valence-corrected chi connectivity index (χ2v) is 8.75. The molecule has 0 bridgehead atoms. The van der Waals surface area contributed by atoms with Crippen LogP contribution in [0.4, 0.5) is 9.18 Å². The van der Waals surface area contributed by atoms with Crippen LogP contribution in [-0.4, -0.2) is 52.3 Å². The highest BCUT2D eigenvalue weighted by atomic mass is 79.9. The Morgan fingerprint density at radius 1 is 1.38 bits per heavy atom. The van der Waals surface area contributed by atoms with Gasteiger partial charge in [-0.05, 0) is 57.4 Å². The summed E-state index contributed by atoms with van der Waals surface area (Å²) in [5.41, 5.74) is 2.39. The number of hydrogen-bond donors (Lipinski definition) is 3. The quantitative estimate of drug-likeness (QED) is 0.606. The van der Waals surface area contributed by atoms with Gasteiger partial charge in [0.1, 0.15) is 23.5 Å². The number of hydrogen-bond acceptors (Lipinski definition) is 5. The summed E-state index contributed by atoms with van der Waals surface area (Å²) in [5.74, 6) is -2.07. The van der Waals surface area contributed by atoms with Crippen molar-refractivity contribution in [3.05, 3.63) is 34.1 Å². The molecule has 0 radical (unpaired) electrons. The first kappa shape index (κ1) is 23.1. The highest BCUT2D eigenvalue weighted by Gasteiger charge is 2.33. The molecule has 2 atom stereocenters. The lowest BCUT2D eigenvalue weighted by Crippen LogP contribution is -2.60. The number of ether oxygens (including phenoxy) is 1. The van der Waals surface area contributed by atoms with Gasteiger partial charge in [0.25, 0.3) is 5.91 Å². The van der Waals surface area contributed by atoms with E-state index in [9.17, 15) is 23.9 Å². The number of amides is 2. The predicted octanol–water partition coefficient (Wildman–Crippen LogP) is 2.60. The topological polar surface area (TPSA) is 108 Å². The van der Waals surface area contributed by atoms with Crippen molar-refractivity contribution in [2.45, 2.75) is 57.7 Å². The van der Waals surface area contributed by atoms with E-state index in [2.05, 4.69) is 26.7 Å². The zero-order valence-electron chi connectivity index (χ0n) is 16.5.